The highest BCUT2D eigenvalue weighted by Crippen LogP contribution is 2.24. The molecule has 1 rings (SSSR count). The highest BCUT2D eigenvalue weighted by Gasteiger charge is 2.30. The number of methoxy groups -OCH3 is 1. The third kappa shape index (κ3) is 2.34. The van der Waals surface area contributed by atoms with Crippen LogP contribution in [0.2, 0.25) is 0 Å². The molecule has 1 saturated carbocycles. The molecule has 0 saturated heterocycles. The summed E-state index contributed by atoms with van der Waals surface area (Å²) < 4.78 is 4.59. The van der Waals surface area contributed by atoms with Crippen LogP contribution in [-0.4, -0.2) is 19.1 Å². The van der Waals surface area contributed by atoms with E-state index in [9.17, 15) is 4.79 Å². The van der Waals surface area contributed by atoms with Crippen molar-refractivity contribution in [2.24, 2.45) is 11.7 Å². The zero-order valence-corrected chi connectivity index (χ0v) is 7.39. The summed E-state index contributed by atoms with van der Waals surface area (Å²) in [6.07, 6.45) is 2.91. The van der Waals surface area contributed by atoms with Crippen molar-refractivity contribution in [2.45, 2.75) is 25.3 Å². The Balaban J connectivity index is 0.000001000. The van der Waals surface area contributed by atoms with Gasteiger partial charge in [-0.15, -0.1) is 12.4 Å². The summed E-state index contributed by atoms with van der Waals surface area (Å²) in [6, 6.07) is 0.0347. The minimum Gasteiger partial charge on any atom is -0.469 e. The third-order valence-corrected chi connectivity index (χ3v) is 2.07. The lowest BCUT2D eigenvalue weighted by atomic mass is 10.1. The summed E-state index contributed by atoms with van der Waals surface area (Å²) in [5, 5.41) is 0. The van der Waals surface area contributed by atoms with Gasteiger partial charge in [0.05, 0.1) is 13.0 Å². The first-order valence-corrected chi connectivity index (χ1v) is 3.59. The van der Waals surface area contributed by atoms with Gasteiger partial charge in [0.15, 0.2) is 0 Å². The van der Waals surface area contributed by atoms with E-state index in [1.54, 1.807) is 0 Å². The Bertz CT molecular complexity index is 140. The van der Waals surface area contributed by atoms with Crippen LogP contribution in [0.4, 0.5) is 0 Å². The normalized spacial score (nSPS) is 29.3. The standard InChI is InChI=1S/C7H13NO2.ClH/c1-10-7(9)5-3-2-4-6(5)8;/h5-6H,2-4,8H2,1H3;1H/t5-,6+;/m0./s1. The van der Waals surface area contributed by atoms with Crippen molar-refractivity contribution in [3.05, 3.63) is 0 Å². The summed E-state index contributed by atoms with van der Waals surface area (Å²) in [6.45, 7) is 0. The summed E-state index contributed by atoms with van der Waals surface area (Å²) >= 11 is 0. The van der Waals surface area contributed by atoms with Crippen LogP contribution in [-0.2, 0) is 9.53 Å². The van der Waals surface area contributed by atoms with Crippen molar-refractivity contribution in [1.82, 2.24) is 0 Å². The van der Waals surface area contributed by atoms with E-state index in [0.29, 0.717) is 0 Å². The van der Waals surface area contributed by atoms with Gasteiger partial charge in [0, 0.05) is 6.04 Å². The predicted molar refractivity (Wildman–Crippen MR) is 44.6 cm³/mol. The second-order valence-electron chi connectivity index (χ2n) is 2.72. The van der Waals surface area contributed by atoms with E-state index in [4.69, 9.17) is 5.73 Å². The van der Waals surface area contributed by atoms with E-state index < -0.39 is 0 Å². The van der Waals surface area contributed by atoms with E-state index in [1.165, 1.54) is 7.11 Å². The molecule has 66 valence electrons. The van der Waals surface area contributed by atoms with Gasteiger partial charge < -0.3 is 10.5 Å². The summed E-state index contributed by atoms with van der Waals surface area (Å²) in [7, 11) is 1.41. The second kappa shape index (κ2) is 4.57. The van der Waals surface area contributed by atoms with Crippen LogP contribution in [0.1, 0.15) is 19.3 Å². The number of carbonyl (C=O) groups excluding carboxylic acids is 1. The van der Waals surface area contributed by atoms with Gasteiger partial charge in [0.2, 0.25) is 0 Å². The maximum atomic E-state index is 10.9. The van der Waals surface area contributed by atoms with Crippen LogP contribution in [0.15, 0.2) is 0 Å². The van der Waals surface area contributed by atoms with Crippen LogP contribution in [0.3, 0.4) is 0 Å². The number of hydrogen-bond acceptors (Lipinski definition) is 3. The molecule has 1 aliphatic rings. The highest BCUT2D eigenvalue weighted by atomic mass is 35.5. The van der Waals surface area contributed by atoms with Crippen LogP contribution in [0, 0.1) is 5.92 Å². The van der Waals surface area contributed by atoms with Gasteiger partial charge in [-0.25, -0.2) is 0 Å². The van der Waals surface area contributed by atoms with Crippen molar-refractivity contribution in [1.29, 1.82) is 0 Å². The molecule has 2 N–H and O–H groups in total. The van der Waals surface area contributed by atoms with Gasteiger partial charge in [-0.1, -0.05) is 6.42 Å². The number of halogens is 1. The largest absolute Gasteiger partial charge is 0.469 e. The molecular formula is C7H14ClNO2. The lowest BCUT2D eigenvalue weighted by molar-refractivity contribution is -0.145. The van der Waals surface area contributed by atoms with Crippen molar-refractivity contribution >= 4 is 18.4 Å². The van der Waals surface area contributed by atoms with Crippen molar-refractivity contribution in [2.75, 3.05) is 7.11 Å². The smallest absolute Gasteiger partial charge is 0.310 e. The topological polar surface area (TPSA) is 52.3 Å². The van der Waals surface area contributed by atoms with Crippen molar-refractivity contribution in [3.8, 4) is 0 Å². The second-order valence-corrected chi connectivity index (χ2v) is 2.72. The fourth-order valence-electron chi connectivity index (χ4n) is 1.43. The summed E-state index contributed by atoms with van der Waals surface area (Å²) in [4.78, 5) is 10.9. The Morgan fingerprint density at radius 3 is 2.55 bits per heavy atom. The number of ether oxygens (including phenoxy) is 1. The first kappa shape index (κ1) is 10.7. The molecule has 1 fully saturated rings. The number of nitrogens with two attached hydrogens (primary N) is 1. The Labute approximate surface area is 72.7 Å². The van der Waals surface area contributed by atoms with Crippen LogP contribution in [0.5, 0.6) is 0 Å². The molecule has 0 heterocycles. The molecule has 0 bridgehead atoms. The average molecular weight is 180 g/mol. The van der Waals surface area contributed by atoms with Crippen LogP contribution >= 0.6 is 12.4 Å². The first-order chi connectivity index (χ1) is 4.75. The Kier molecular flexibility index (Phi) is 4.45. The summed E-state index contributed by atoms with van der Waals surface area (Å²) in [5.41, 5.74) is 5.65. The van der Waals surface area contributed by atoms with Gasteiger partial charge in [-0.05, 0) is 12.8 Å². The molecule has 0 radical (unpaired) electrons. The zero-order chi connectivity index (χ0) is 7.56. The average Bonchev–Trinajstić information content (AvgIpc) is 2.34. The molecule has 3 nitrogen and oxygen atoms in total. The Morgan fingerprint density at radius 2 is 2.18 bits per heavy atom. The number of esters is 1. The summed E-state index contributed by atoms with van der Waals surface area (Å²) in [5.74, 6) is -0.185. The van der Waals surface area contributed by atoms with Gasteiger partial charge in [-0.3, -0.25) is 4.79 Å². The quantitative estimate of drug-likeness (QED) is 0.604. The Hall–Kier alpha value is -0.280. The van der Waals surface area contributed by atoms with Gasteiger partial charge >= 0.3 is 5.97 Å². The molecule has 0 aromatic carbocycles. The molecule has 0 aliphatic heterocycles. The maximum Gasteiger partial charge on any atom is 0.310 e. The number of carbonyl (C=O) groups is 1. The van der Waals surface area contributed by atoms with E-state index in [2.05, 4.69) is 4.74 Å². The van der Waals surface area contributed by atoms with Gasteiger partial charge in [-0.2, -0.15) is 0 Å². The molecular weight excluding hydrogens is 166 g/mol. The molecule has 0 unspecified atom stereocenters. The minimum absolute atomic E-state index is 0. The monoisotopic (exact) mass is 179 g/mol. The lowest BCUT2D eigenvalue weighted by Crippen LogP contribution is -2.31. The van der Waals surface area contributed by atoms with E-state index in [-0.39, 0.29) is 30.3 Å². The van der Waals surface area contributed by atoms with Crippen LogP contribution < -0.4 is 5.73 Å². The highest BCUT2D eigenvalue weighted by molar-refractivity contribution is 5.85. The molecule has 0 amide bonds. The third-order valence-electron chi connectivity index (χ3n) is 2.07. The molecule has 0 aromatic heterocycles. The molecule has 4 heteroatoms. The van der Waals surface area contributed by atoms with Crippen molar-refractivity contribution in [3.63, 3.8) is 0 Å². The zero-order valence-electron chi connectivity index (χ0n) is 6.58. The first-order valence-electron chi connectivity index (χ1n) is 3.59. The SMILES string of the molecule is COC(=O)[C@H]1CCC[C@H]1N.Cl. The van der Waals surface area contributed by atoms with E-state index in [1.807, 2.05) is 0 Å². The maximum absolute atomic E-state index is 10.9. The fourth-order valence-corrected chi connectivity index (χ4v) is 1.43. The van der Waals surface area contributed by atoms with Crippen LogP contribution in [0.25, 0.3) is 0 Å². The molecule has 1 aliphatic carbocycles. The van der Waals surface area contributed by atoms with E-state index in [0.717, 1.165) is 19.3 Å². The fraction of sp³-hybridized carbons (Fsp3) is 0.857. The predicted octanol–water partition coefficient (Wildman–Crippen LogP) is 0.709. The Morgan fingerprint density at radius 1 is 1.55 bits per heavy atom. The number of rotatable bonds is 1. The van der Waals surface area contributed by atoms with Gasteiger partial charge in [0.25, 0.3) is 0 Å². The molecule has 11 heavy (non-hydrogen) atoms. The molecule has 0 aromatic rings. The molecule has 0 spiro atoms. The van der Waals surface area contributed by atoms with Crippen molar-refractivity contribution < 1.29 is 9.53 Å². The van der Waals surface area contributed by atoms with Gasteiger partial charge in [0.1, 0.15) is 0 Å². The minimum atomic E-state index is -0.148. The lowest BCUT2D eigenvalue weighted by Gasteiger charge is -2.11. The van der Waals surface area contributed by atoms with E-state index >= 15 is 0 Å². The molecule has 2 atom stereocenters. The number of hydrogen-bond donors (Lipinski definition) is 1.